The van der Waals surface area contributed by atoms with Crippen LogP contribution in [0.1, 0.15) is 22.3 Å². The normalized spacial score (nSPS) is 13.0. The first-order valence-electron chi connectivity index (χ1n) is 21.1. The molecule has 0 unspecified atom stereocenters. The lowest BCUT2D eigenvalue weighted by Gasteiger charge is -2.32. The van der Waals surface area contributed by atoms with Gasteiger partial charge in [0.1, 0.15) is 0 Å². The third-order valence-corrected chi connectivity index (χ3v) is 14.1. The maximum absolute atomic E-state index is 5.17. The number of aromatic nitrogens is 3. The van der Waals surface area contributed by atoms with Gasteiger partial charge in [-0.15, -0.1) is 11.3 Å². The van der Waals surface area contributed by atoms with E-state index in [-0.39, 0.29) is 0 Å². The van der Waals surface area contributed by atoms with Crippen LogP contribution in [-0.4, -0.2) is 15.0 Å². The molecule has 288 valence electrons. The number of thiophene rings is 1. The van der Waals surface area contributed by atoms with Gasteiger partial charge in [-0.2, -0.15) is 0 Å². The zero-order chi connectivity index (χ0) is 40.8. The largest absolute Gasteiger partial charge is 0.208 e. The number of nitrogens with zero attached hydrogens (tertiary/aromatic N) is 3. The molecule has 0 atom stereocenters. The predicted octanol–water partition coefficient (Wildman–Crippen LogP) is 14.9. The highest BCUT2D eigenvalue weighted by atomic mass is 32.1. The highest BCUT2D eigenvalue weighted by Gasteiger charge is 2.52. The molecule has 3 nitrogen and oxygen atoms in total. The second-order valence-electron chi connectivity index (χ2n) is 16.2. The van der Waals surface area contributed by atoms with Crippen LogP contribution >= 0.6 is 11.3 Å². The van der Waals surface area contributed by atoms with Gasteiger partial charge in [0.25, 0.3) is 0 Å². The second kappa shape index (κ2) is 13.6. The van der Waals surface area contributed by atoms with Crippen molar-refractivity contribution in [3.8, 4) is 78.7 Å². The number of rotatable bonds is 5. The molecule has 0 aliphatic heterocycles. The molecular weight excluding hydrogens is 771 g/mol. The monoisotopic (exact) mass is 805 g/mol. The van der Waals surface area contributed by atoms with Crippen LogP contribution in [0.2, 0.25) is 0 Å². The zero-order valence-electron chi connectivity index (χ0n) is 33.5. The molecule has 0 amide bonds. The third kappa shape index (κ3) is 5.08. The van der Waals surface area contributed by atoms with E-state index in [1.165, 1.54) is 75.8 Å². The van der Waals surface area contributed by atoms with Crippen molar-refractivity contribution in [1.82, 2.24) is 15.0 Å². The lowest BCUT2D eigenvalue weighted by molar-refractivity contribution is 0.796. The molecule has 9 aromatic carbocycles. The van der Waals surface area contributed by atoms with Crippen LogP contribution in [-0.2, 0) is 5.41 Å². The molecule has 4 heteroatoms. The number of benzene rings is 9. The molecule has 62 heavy (non-hydrogen) atoms. The van der Waals surface area contributed by atoms with E-state index in [2.05, 4.69) is 194 Å². The number of hydrogen-bond acceptors (Lipinski definition) is 4. The van der Waals surface area contributed by atoms with Crippen LogP contribution in [0.25, 0.3) is 98.8 Å². The summed E-state index contributed by atoms with van der Waals surface area (Å²) in [4.78, 5) is 15.3. The zero-order valence-corrected chi connectivity index (χ0v) is 34.3. The van der Waals surface area contributed by atoms with E-state index in [9.17, 15) is 0 Å². The Morgan fingerprint density at radius 3 is 1.39 bits per heavy atom. The van der Waals surface area contributed by atoms with E-state index >= 15 is 0 Å². The lowest BCUT2D eigenvalue weighted by atomic mass is 9.68. The highest BCUT2D eigenvalue weighted by Crippen LogP contribution is 2.64. The molecule has 0 saturated heterocycles. The van der Waals surface area contributed by atoms with Crippen LogP contribution in [0.4, 0.5) is 0 Å². The maximum atomic E-state index is 5.17. The van der Waals surface area contributed by atoms with Gasteiger partial charge in [-0.05, 0) is 78.9 Å². The van der Waals surface area contributed by atoms with E-state index in [0.29, 0.717) is 17.5 Å². The molecule has 13 rings (SSSR count). The van der Waals surface area contributed by atoms with Crippen LogP contribution in [0.5, 0.6) is 0 Å². The van der Waals surface area contributed by atoms with Crippen LogP contribution in [0.3, 0.4) is 0 Å². The summed E-state index contributed by atoms with van der Waals surface area (Å²) >= 11 is 1.80. The van der Waals surface area contributed by atoms with Gasteiger partial charge in [-0.1, -0.05) is 200 Å². The van der Waals surface area contributed by atoms with E-state index in [1.807, 2.05) is 18.2 Å². The third-order valence-electron chi connectivity index (χ3n) is 13.0. The molecule has 1 spiro atoms. The van der Waals surface area contributed by atoms with Gasteiger partial charge in [0.2, 0.25) is 0 Å². The van der Waals surface area contributed by atoms with Gasteiger partial charge in [0.15, 0.2) is 17.5 Å². The SMILES string of the molecule is c1ccc(-c2nc(-c3ccc(-c4ccc(-c5cccc6c5C5(c7ccccc7-c7ccccc75)c5ccccc5-6)cc4)cc3)nc(-c3cccc4sc5ccccc5c34)n2)cc1. The van der Waals surface area contributed by atoms with Gasteiger partial charge in [0, 0.05) is 36.9 Å². The average molecular weight is 806 g/mol. The first-order valence-corrected chi connectivity index (χ1v) is 21.9. The molecule has 2 aliphatic rings. The van der Waals surface area contributed by atoms with Crippen LogP contribution in [0, 0.1) is 0 Å². The minimum atomic E-state index is -0.399. The van der Waals surface area contributed by atoms with Gasteiger partial charge >= 0.3 is 0 Å². The number of fused-ring (bicyclic) bond motifs is 13. The predicted molar refractivity (Wildman–Crippen MR) is 256 cm³/mol. The second-order valence-corrected chi connectivity index (χ2v) is 17.3. The van der Waals surface area contributed by atoms with Crippen molar-refractivity contribution < 1.29 is 0 Å². The molecule has 2 heterocycles. The summed E-state index contributed by atoms with van der Waals surface area (Å²) in [5, 5.41) is 2.40. The van der Waals surface area contributed by atoms with Crippen molar-refractivity contribution in [1.29, 1.82) is 0 Å². The Morgan fingerprint density at radius 1 is 0.290 bits per heavy atom. The molecule has 0 radical (unpaired) electrons. The Morgan fingerprint density at radius 2 is 0.726 bits per heavy atom. The average Bonchev–Trinajstić information content (AvgIpc) is 3.99. The van der Waals surface area contributed by atoms with E-state index in [1.54, 1.807) is 11.3 Å². The Hall–Kier alpha value is -7.79. The quantitative estimate of drug-likeness (QED) is 0.174. The van der Waals surface area contributed by atoms with Crippen LogP contribution in [0.15, 0.2) is 212 Å². The standard InChI is InChI=1S/C58H35N3S/c1-2-14-39(15-3-1)55-59-56(61-57(60-55)47-22-13-27-52-53(47)46-19-7-11-26-51(46)62-52)40-34-30-37(31-35-40)36-28-32-38(33-29-36)41-20-12-21-45-44-18-6-10-25-50(44)58(54(41)45)48-23-8-4-16-42(48)43-17-5-9-24-49(43)58/h1-35H. The van der Waals surface area contributed by atoms with Crippen LogP contribution < -0.4 is 0 Å². The van der Waals surface area contributed by atoms with Crippen molar-refractivity contribution in [2.75, 3.05) is 0 Å². The van der Waals surface area contributed by atoms with Crippen molar-refractivity contribution in [3.05, 3.63) is 235 Å². The summed E-state index contributed by atoms with van der Waals surface area (Å²) < 4.78 is 2.47. The summed E-state index contributed by atoms with van der Waals surface area (Å²) in [7, 11) is 0. The molecule has 11 aromatic rings. The van der Waals surface area contributed by atoms with Crippen molar-refractivity contribution in [3.63, 3.8) is 0 Å². The Labute approximate surface area is 363 Å². The van der Waals surface area contributed by atoms with Crippen molar-refractivity contribution in [2.24, 2.45) is 0 Å². The molecule has 2 aromatic heterocycles. The van der Waals surface area contributed by atoms with E-state index in [0.717, 1.165) is 27.8 Å². The Bertz CT molecular complexity index is 3500. The van der Waals surface area contributed by atoms with Crippen molar-refractivity contribution in [2.45, 2.75) is 5.41 Å². The molecule has 0 fully saturated rings. The van der Waals surface area contributed by atoms with Crippen molar-refractivity contribution >= 4 is 31.5 Å². The molecule has 0 bridgehead atoms. The summed E-state index contributed by atoms with van der Waals surface area (Å²) in [5.41, 5.74) is 17.9. The molecule has 2 aliphatic carbocycles. The first kappa shape index (κ1) is 35.0. The molecule has 0 saturated carbocycles. The molecule has 0 N–H and O–H groups in total. The number of hydrogen-bond donors (Lipinski definition) is 0. The topological polar surface area (TPSA) is 38.7 Å². The fourth-order valence-corrected chi connectivity index (χ4v) is 11.5. The molecular formula is C58H35N3S. The van der Waals surface area contributed by atoms with Gasteiger partial charge in [0.05, 0.1) is 5.41 Å². The minimum absolute atomic E-state index is 0.399. The summed E-state index contributed by atoms with van der Waals surface area (Å²) in [6.45, 7) is 0. The van der Waals surface area contributed by atoms with Gasteiger partial charge in [-0.25, -0.2) is 15.0 Å². The first-order chi connectivity index (χ1) is 30.7. The maximum Gasteiger partial charge on any atom is 0.164 e. The Kier molecular flexibility index (Phi) is 7.69. The smallest absolute Gasteiger partial charge is 0.164 e. The lowest BCUT2D eigenvalue weighted by Crippen LogP contribution is -2.26. The fraction of sp³-hybridized carbons (Fsp3) is 0.0172. The fourth-order valence-electron chi connectivity index (χ4n) is 10.4. The van der Waals surface area contributed by atoms with E-state index in [4.69, 9.17) is 15.0 Å². The van der Waals surface area contributed by atoms with Gasteiger partial charge < -0.3 is 0 Å². The van der Waals surface area contributed by atoms with E-state index < -0.39 is 5.41 Å². The summed E-state index contributed by atoms with van der Waals surface area (Å²) in [5.74, 6) is 1.98. The minimum Gasteiger partial charge on any atom is -0.208 e. The van der Waals surface area contributed by atoms with Gasteiger partial charge in [-0.3, -0.25) is 0 Å². The summed E-state index contributed by atoms with van der Waals surface area (Å²) in [6, 6.07) is 76.8. The Balaban J connectivity index is 0.893. The highest BCUT2D eigenvalue weighted by molar-refractivity contribution is 7.25. The summed E-state index contributed by atoms with van der Waals surface area (Å²) in [6.07, 6.45) is 0.